The number of nitrogens with zero attached hydrogens (tertiary/aromatic N) is 1. The van der Waals surface area contributed by atoms with E-state index in [4.69, 9.17) is 15.9 Å². The number of aromatic amines is 1. The molecule has 0 aliphatic rings. The summed E-state index contributed by atoms with van der Waals surface area (Å²) in [7, 11) is 0. The van der Waals surface area contributed by atoms with E-state index in [1.165, 1.54) is 19.4 Å². The van der Waals surface area contributed by atoms with Gasteiger partial charge in [-0.05, 0) is 12.8 Å². The molecule has 5 unspecified atom stereocenters. The number of rotatable bonds is 13. The summed E-state index contributed by atoms with van der Waals surface area (Å²) in [4.78, 5) is 66.3. The molecule has 0 spiro atoms. The van der Waals surface area contributed by atoms with E-state index in [9.17, 15) is 29.1 Å². The number of nitrogens with one attached hydrogen (secondary N) is 4. The molecule has 0 aromatic carbocycles. The first-order chi connectivity index (χ1) is 15.3. The Bertz CT molecular complexity index is 841. The van der Waals surface area contributed by atoms with Crippen LogP contribution in [-0.2, 0) is 30.4 Å². The van der Waals surface area contributed by atoms with Crippen LogP contribution in [0.25, 0.3) is 0 Å². The summed E-state index contributed by atoms with van der Waals surface area (Å²) in [6.45, 7) is 4.38. The van der Waals surface area contributed by atoms with E-state index in [1.807, 2.05) is 0 Å². The largest absolute Gasteiger partial charge is 0.481 e. The van der Waals surface area contributed by atoms with E-state index in [0.717, 1.165) is 0 Å². The molecule has 0 aliphatic carbocycles. The molecule has 3 amide bonds. The van der Waals surface area contributed by atoms with Crippen LogP contribution in [0.2, 0.25) is 0 Å². The summed E-state index contributed by atoms with van der Waals surface area (Å²) >= 11 is 0. The SMILES string of the molecule is CC(C)C(NC(=O)C(NC(=O)C(N)Cc1cnc[nH]1)C(C)O)C(=O)NC(CC(=O)O)C(=O)O. The minimum Gasteiger partial charge on any atom is -0.481 e. The molecule has 1 aromatic heterocycles. The number of hydrogen-bond donors (Lipinski definition) is 8. The van der Waals surface area contributed by atoms with Gasteiger partial charge in [0.2, 0.25) is 17.7 Å². The number of aliphatic hydroxyl groups is 1. The molecule has 1 aromatic rings. The molecule has 0 saturated heterocycles. The molecule has 0 radical (unpaired) electrons. The molecule has 0 bridgehead atoms. The molecule has 14 nitrogen and oxygen atoms in total. The van der Waals surface area contributed by atoms with E-state index in [-0.39, 0.29) is 6.42 Å². The van der Waals surface area contributed by atoms with Crippen LogP contribution in [0, 0.1) is 5.92 Å². The number of aromatic nitrogens is 2. The van der Waals surface area contributed by atoms with Gasteiger partial charge in [0.15, 0.2) is 0 Å². The van der Waals surface area contributed by atoms with Crippen LogP contribution in [0.4, 0.5) is 0 Å². The predicted octanol–water partition coefficient (Wildman–Crippen LogP) is -2.67. The number of carbonyl (C=O) groups is 5. The first-order valence-electron chi connectivity index (χ1n) is 10.1. The Balaban J connectivity index is 2.87. The van der Waals surface area contributed by atoms with Crippen molar-refractivity contribution in [2.75, 3.05) is 0 Å². The Morgan fingerprint density at radius 1 is 1.00 bits per heavy atom. The second-order valence-electron chi connectivity index (χ2n) is 7.84. The number of carboxylic acids is 2. The fourth-order valence-corrected chi connectivity index (χ4v) is 2.81. The first kappa shape index (κ1) is 27.5. The lowest BCUT2D eigenvalue weighted by Gasteiger charge is -2.28. The molecule has 14 heteroatoms. The smallest absolute Gasteiger partial charge is 0.326 e. The van der Waals surface area contributed by atoms with E-state index in [0.29, 0.717) is 5.69 Å². The first-order valence-corrected chi connectivity index (χ1v) is 10.1. The Morgan fingerprint density at radius 3 is 2.03 bits per heavy atom. The van der Waals surface area contributed by atoms with Crippen LogP contribution in [-0.4, -0.2) is 85.2 Å². The number of amides is 3. The Morgan fingerprint density at radius 2 is 1.58 bits per heavy atom. The Hall–Kier alpha value is -3.52. The van der Waals surface area contributed by atoms with Crippen molar-refractivity contribution >= 4 is 29.7 Å². The number of carboxylic acid groups (broad SMARTS) is 2. The van der Waals surface area contributed by atoms with E-state index in [1.54, 1.807) is 13.8 Å². The zero-order valence-corrected chi connectivity index (χ0v) is 18.4. The summed E-state index contributed by atoms with van der Waals surface area (Å²) in [5, 5.41) is 34.7. The van der Waals surface area contributed by atoms with Gasteiger partial charge in [-0.1, -0.05) is 13.8 Å². The molecule has 184 valence electrons. The van der Waals surface area contributed by atoms with Crippen molar-refractivity contribution in [3.63, 3.8) is 0 Å². The maximum Gasteiger partial charge on any atom is 0.326 e. The zero-order chi connectivity index (χ0) is 25.3. The van der Waals surface area contributed by atoms with Gasteiger partial charge in [-0.3, -0.25) is 19.2 Å². The maximum absolute atomic E-state index is 12.7. The van der Waals surface area contributed by atoms with Crippen LogP contribution >= 0.6 is 0 Å². The van der Waals surface area contributed by atoms with Crippen molar-refractivity contribution in [1.29, 1.82) is 0 Å². The molecule has 9 N–H and O–H groups in total. The molecular formula is C19H30N6O8. The Kier molecular flexibility index (Phi) is 10.4. The molecule has 1 heterocycles. The highest BCUT2D eigenvalue weighted by molar-refractivity contribution is 5.95. The summed E-state index contributed by atoms with van der Waals surface area (Å²) < 4.78 is 0. The summed E-state index contributed by atoms with van der Waals surface area (Å²) in [5.74, 6) is -6.11. The third kappa shape index (κ3) is 8.86. The van der Waals surface area contributed by atoms with Crippen molar-refractivity contribution in [2.24, 2.45) is 11.7 Å². The molecule has 0 saturated carbocycles. The van der Waals surface area contributed by atoms with Gasteiger partial charge < -0.3 is 42.0 Å². The van der Waals surface area contributed by atoms with Gasteiger partial charge in [-0.15, -0.1) is 0 Å². The molecule has 33 heavy (non-hydrogen) atoms. The monoisotopic (exact) mass is 470 g/mol. The predicted molar refractivity (Wildman–Crippen MR) is 112 cm³/mol. The van der Waals surface area contributed by atoms with Crippen molar-refractivity contribution in [2.45, 2.75) is 63.9 Å². The van der Waals surface area contributed by atoms with Gasteiger partial charge in [0.05, 0.1) is 24.9 Å². The summed E-state index contributed by atoms with van der Waals surface area (Å²) in [6.07, 6.45) is 0.765. The average molecular weight is 470 g/mol. The topological polar surface area (TPSA) is 237 Å². The van der Waals surface area contributed by atoms with E-state index >= 15 is 0 Å². The third-order valence-electron chi connectivity index (χ3n) is 4.63. The van der Waals surface area contributed by atoms with E-state index < -0.39 is 72.3 Å². The Labute approximate surface area is 189 Å². The van der Waals surface area contributed by atoms with Crippen molar-refractivity contribution in [3.8, 4) is 0 Å². The highest BCUT2D eigenvalue weighted by atomic mass is 16.4. The minimum absolute atomic E-state index is 0.0944. The minimum atomic E-state index is -1.71. The summed E-state index contributed by atoms with van der Waals surface area (Å²) in [6, 6.07) is -5.50. The molecule has 0 aliphatic heterocycles. The highest BCUT2D eigenvalue weighted by Crippen LogP contribution is 2.06. The fraction of sp³-hybridized carbons (Fsp3) is 0.579. The number of aliphatic hydroxyl groups excluding tert-OH is 1. The lowest BCUT2D eigenvalue weighted by atomic mass is 10.0. The van der Waals surface area contributed by atoms with Gasteiger partial charge >= 0.3 is 11.9 Å². The third-order valence-corrected chi connectivity index (χ3v) is 4.63. The lowest BCUT2D eigenvalue weighted by Crippen LogP contribution is -2.61. The van der Waals surface area contributed by atoms with Gasteiger partial charge in [0, 0.05) is 18.3 Å². The zero-order valence-electron chi connectivity index (χ0n) is 18.4. The van der Waals surface area contributed by atoms with Crippen LogP contribution in [0.15, 0.2) is 12.5 Å². The molecule has 1 rings (SSSR count). The fourth-order valence-electron chi connectivity index (χ4n) is 2.81. The molecule has 0 fully saturated rings. The standard InChI is InChI=1S/C19H30N6O8/c1-8(2)14(17(30)23-12(19(32)33)5-13(27)28)24-18(31)15(9(3)26)25-16(29)11(20)4-10-6-21-7-22-10/h6-9,11-12,14-15,26H,4-5,20H2,1-3H3,(H,21,22)(H,23,30)(H,24,31)(H,25,29)(H,27,28)(H,32,33). The van der Waals surface area contributed by atoms with Crippen LogP contribution in [0.3, 0.4) is 0 Å². The van der Waals surface area contributed by atoms with Gasteiger partial charge in [-0.25, -0.2) is 9.78 Å². The number of imidazole rings is 1. The second-order valence-corrected chi connectivity index (χ2v) is 7.84. The second kappa shape index (κ2) is 12.5. The highest BCUT2D eigenvalue weighted by Gasteiger charge is 2.34. The number of aliphatic carboxylic acids is 2. The number of H-pyrrole nitrogens is 1. The summed E-state index contributed by atoms with van der Waals surface area (Å²) in [5.41, 5.74) is 6.42. The van der Waals surface area contributed by atoms with Crippen LogP contribution < -0.4 is 21.7 Å². The normalized spacial score (nSPS) is 15.6. The van der Waals surface area contributed by atoms with Crippen LogP contribution in [0.1, 0.15) is 32.9 Å². The van der Waals surface area contributed by atoms with Gasteiger partial charge in [0.25, 0.3) is 0 Å². The average Bonchev–Trinajstić information content (AvgIpc) is 3.21. The van der Waals surface area contributed by atoms with Gasteiger partial charge in [-0.2, -0.15) is 0 Å². The maximum atomic E-state index is 12.7. The quantitative estimate of drug-likeness (QED) is 0.149. The number of hydrogen-bond acceptors (Lipinski definition) is 8. The van der Waals surface area contributed by atoms with Crippen LogP contribution in [0.5, 0.6) is 0 Å². The molecule has 5 atom stereocenters. The lowest BCUT2D eigenvalue weighted by molar-refractivity contribution is -0.147. The van der Waals surface area contributed by atoms with E-state index in [2.05, 4.69) is 25.9 Å². The van der Waals surface area contributed by atoms with Gasteiger partial charge in [0.1, 0.15) is 18.1 Å². The van der Waals surface area contributed by atoms with Crippen molar-refractivity contribution in [1.82, 2.24) is 25.9 Å². The van der Waals surface area contributed by atoms with Crippen molar-refractivity contribution in [3.05, 3.63) is 18.2 Å². The number of carbonyl (C=O) groups excluding carboxylic acids is 3. The number of nitrogens with two attached hydrogens (primary N) is 1. The van der Waals surface area contributed by atoms with Crippen molar-refractivity contribution < 1.29 is 39.3 Å². The molecular weight excluding hydrogens is 440 g/mol.